The fourth-order valence-electron chi connectivity index (χ4n) is 1.23. The molecule has 1 nitrogen and oxygen atoms in total. The van der Waals surface area contributed by atoms with E-state index in [0.717, 1.165) is 5.75 Å². The van der Waals surface area contributed by atoms with Crippen molar-refractivity contribution in [3.05, 3.63) is 42.5 Å². The fourth-order valence-corrected chi connectivity index (χ4v) is 1.23. The molecule has 2 heteroatoms. The van der Waals surface area contributed by atoms with Crippen LogP contribution in [-0.4, -0.2) is 7.11 Å². The van der Waals surface area contributed by atoms with Crippen LogP contribution in [0.15, 0.2) is 36.4 Å². The first-order valence-electron chi connectivity index (χ1n) is 3.84. The molecule has 0 amide bonds. The second kappa shape index (κ2) is 4.43. The number of hydrogen-bond donors (Lipinski definition) is 0. The molecule has 0 N–H and O–H groups in total. The van der Waals surface area contributed by atoms with Gasteiger partial charge in [-0.2, -0.15) is 24.3 Å². The van der Waals surface area contributed by atoms with Gasteiger partial charge in [-0.1, -0.05) is 0 Å². The van der Waals surface area contributed by atoms with Crippen molar-refractivity contribution in [2.24, 2.45) is 0 Å². The molecule has 2 aromatic carbocycles. The largest absolute Gasteiger partial charge is 0.497 e. The van der Waals surface area contributed by atoms with Gasteiger partial charge in [0.25, 0.3) is 0 Å². The Kier molecular flexibility index (Phi) is 3.50. The van der Waals surface area contributed by atoms with Crippen LogP contribution in [0.1, 0.15) is 0 Å². The summed E-state index contributed by atoms with van der Waals surface area (Å²) in [7, 11) is 1.68. The average Bonchev–Trinajstić information content (AvgIpc) is 2.17. The quantitative estimate of drug-likeness (QED) is 0.725. The van der Waals surface area contributed by atoms with Gasteiger partial charge in [0.15, 0.2) is 0 Å². The van der Waals surface area contributed by atoms with Crippen molar-refractivity contribution in [3.8, 4) is 5.75 Å². The minimum atomic E-state index is 0. The van der Waals surface area contributed by atoms with Crippen LogP contribution in [0.25, 0.3) is 10.8 Å². The molecule has 0 saturated heterocycles. The summed E-state index contributed by atoms with van der Waals surface area (Å²) < 4.78 is 5.11. The van der Waals surface area contributed by atoms with Gasteiger partial charge in [-0.25, -0.2) is 0 Å². The molecule has 0 aliphatic heterocycles. The second-order valence-electron chi connectivity index (χ2n) is 2.64. The molecule has 0 radical (unpaired) electrons. The summed E-state index contributed by atoms with van der Waals surface area (Å²) in [6.07, 6.45) is 0. The van der Waals surface area contributed by atoms with Gasteiger partial charge in [0.2, 0.25) is 0 Å². The van der Waals surface area contributed by atoms with Gasteiger partial charge in [-0.05, 0) is 12.1 Å². The smallest absolute Gasteiger partial charge is 0.116 e. The monoisotopic (exact) mass is 341 g/mol. The summed E-state index contributed by atoms with van der Waals surface area (Å²) in [6.45, 7) is 0. The van der Waals surface area contributed by atoms with E-state index in [1.54, 1.807) is 7.11 Å². The predicted octanol–water partition coefficient (Wildman–Crippen LogP) is 2.65. The maximum absolute atomic E-state index is 5.11. The van der Waals surface area contributed by atoms with Gasteiger partial charge in [-0.3, -0.25) is 0 Å². The number of hydrogen-bond acceptors (Lipinski definition) is 1. The van der Waals surface area contributed by atoms with E-state index in [-0.39, 0.29) is 21.1 Å². The first-order valence-corrected chi connectivity index (χ1v) is 3.84. The molecule has 0 bridgehead atoms. The van der Waals surface area contributed by atoms with Crippen LogP contribution in [0.5, 0.6) is 5.75 Å². The summed E-state index contributed by atoms with van der Waals surface area (Å²) in [6, 6.07) is 14.9. The van der Waals surface area contributed by atoms with Gasteiger partial charge in [-0.15, -0.1) is 16.8 Å². The van der Waals surface area contributed by atoms with Crippen LogP contribution < -0.4 is 4.74 Å². The van der Waals surface area contributed by atoms with Crippen molar-refractivity contribution in [1.82, 2.24) is 0 Å². The molecule has 0 unspecified atom stereocenters. The summed E-state index contributed by atoms with van der Waals surface area (Å²) in [5, 5.41) is 2.38. The number of fused-ring (bicyclic) bond motifs is 1. The zero-order chi connectivity index (χ0) is 8.39. The van der Waals surface area contributed by atoms with Crippen molar-refractivity contribution in [1.29, 1.82) is 0 Å². The predicted molar refractivity (Wildman–Crippen MR) is 49.3 cm³/mol. The molecule has 0 saturated carbocycles. The van der Waals surface area contributed by atoms with Crippen LogP contribution in [0.3, 0.4) is 0 Å². The van der Waals surface area contributed by atoms with Gasteiger partial charge >= 0.3 is 0 Å². The molecular weight excluding hydrogens is 332 g/mol. The van der Waals surface area contributed by atoms with E-state index in [4.69, 9.17) is 4.74 Å². The molecule has 0 heterocycles. The first kappa shape index (κ1) is 10.3. The van der Waals surface area contributed by atoms with Crippen LogP contribution in [0.2, 0.25) is 0 Å². The minimum absolute atomic E-state index is 0. The Morgan fingerprint density at radius 3 is 2.77 bits per heavy atom. The molecular formula is C11H9OW-. The molecule has 0 fully saturated rings. The number of methoxy groups -OCH3 is 1. The third-order valence-electron chi connectivity index (χ3n) is 1.89. The maximum Gasteiger partial charge on any atom is 0.116 e. The molecule has 2 aromatic rings. The summed E-state index contributed by atoms with van der Waals surface area (Å²) >= 11 is 0. The Bertz CT molecular complexity index is 398. The van der Waals surface area contributed by atoms with Crippen LogP contribution in [0, 0.1) is 6.07 Å². The zero-order valence-electron chi connectivity index (χ0n) is 7.28. The SMILES string of the molecule is COc1ccc2c[c-]ccc2c1.[W]. The van der Waals surface area contributed by atoms with E-state index in [1.807, 2.05) is 36.4 Å². The van der Waals surface area contributed by atoms with E-state index in [2.05, 4.69) is 6.07 Å². The summed E-state index contributed by atoms with van der Waals surface area (Å²) in [5.41, 5.74) is 0. The molecule has 13 heavy (non-hydrogen) atoms. The van der Waals surface area contributed by atoms with E-state index >= 15 is 0 Å². The Morgan fingerprint density at radius 2 is 2.00 bits per heavy atom. The summed E-state index contributed by atoms with van der Waals surface area (Å²) in [4.78, 5) is 0. The minimum Gasteiger partial charge on any atom is -0.497 e. The van der Waals surface area contributed by atoms with Crippen molar-refractivity contribution >= 4 is 10.8 Å². The molecule has 66 valence electrons. The Morgan fingerprint density at radius 1 is 1.15 bits per heavy atom. The van der Waals surface area contributed by atoms with Gasteiger partial charge < -0.3 is 4.74 Å². The normalized spacial score (nSPS) is 9.31. The molecule has 0 aliphatic carbocycles. The van der Waals surface area contributed by atoms with Crippen LogP contribution in [-0.2, 0) is 21.1 Å². The van der Waals surface area contributed by atoms with Crippen LogP contribution >= 0.6 is 0 Å². The van der Waals surface area contributed by atoms with E-state index in [9.17, 15) is 0 Å². The van der Waals surface area contributed by atoms with Gasteiger partial charge in [0.05, 0.1) is 7.11 Å². The topological polar surface area (TPSA) is 9.23 Å². The second-order valence-corrected chi connectivity index (χ2v) is 2.64. The van der Waals surface area contributed by atoms with Crippen molar-refractivity contribution < 1.29 is 25.8 Å². The molecule has 0 spiro atoms. The number of benzene rings is 2. The van der Waals surface area contributed by atoms with Crippen molar-refractivity contribution in [2.45, 2.75) is 0 Å². The Labute approximate surface area is 92.0 Å². The molecule has 0 aliphatic rings. The fraction of sp³-hybridized carbons (Fsp3) is 0.0909. The zero-order valence-corrected chi connectivity index (χ0v) is 10.2. The molecule has 0 aromatic heterocycles. The van der Waals surface area contributed by atoms with Crippen molar-refractivity contribution in [3.63, 3.8) is 0 Å². The first-order chi connectivity index (χ1) is 5.90. The van der Waals surface area contributed by atoms with Gasteiger partial charge in [0.1, 0.15) is 5.75 Å². The average molecular weight is 341 g/mol. The van der Waals surface area contributed by atoms with E-state index in [1.165, 1.54) is 10.8 Å². The maximum atomic E-state index is 5.11. The Hall–Kier alpha value is -0.812. The van der Waals surface area contributed by atoms with Crippen LogP contribution in [0.4, 0.5) is 0 Å². The van der Waals surface area contributed by atoms with E-state index in [0.29, 0.717) is 0 Å². The third kappa shape index (κ3) is 2.10. The molecule has 0 atom stereocenters. The van der Waals surface area contributed by atoms with Gasteiger partial charge in [0, 0.05) is 21.1 Å². The Balaban J connectivity index is 0.000000845. The van der Waals surface area contributed by atoms with Crippen molar-refractivity contribution in [2.75, 3.05) is 7.11 Å². The third-order valence-corrected chi connectivity index (χ3v) is 1.89. The standard InChI is InChI=1S/C11H9O.W/c1-12-11-7-6-9-4-2-3-5-10(9)8-11;/h3-8H,1H3;/q-1;. The molecule has 2 rings (SSSR count). The number of ether oxygens (including phenoxy) is 1. The number of rotatable bonds is 1. The van der Waals surface area contributed by atoms with E-state index < -0.39 is 0 Å². The summed E-state index contributed by atoms with van der Waals surface area (Å²) in [5.74, 6) is 0.897.